The van der Waals surface area contributed by atoms with Crippen LogP contribution < -0.4 is 0 Å². The van der Waals surface area contributed by atoms with E-state index in [4.69, 9.17) is 14.2 Å². The Morgan fingerprint density at radius 1 is 0.483 bits per heavy atom. The minimum atomic E-state index is -0.874. The predicted octanol–water partition coefficient (Wildman–Crippen LogP) is 14.4. The summed E-state index contributed by atoms with van der Waals surface area (Å²) in [7, 11) is 5.54. The fourth-order valence-corrected chi connectivity index (χ4v) is 7.61. The lowest BCUT2D eigenvalue weighted by molar-refractivity contribution is -0.887. The summed E-state index contributed by atoms with van der Waals surface area (Å²) in [5.74, 6) is -1.47. The van der Waals surface area contributed by atoms with E-state index in [-0.39, 0.29) is 36.2 Å². The average molecular weight is 849 g/mol. The van der Waals surface area contributed by atoms with E-state index in [2.05, 4.69) is 38.2 Å². The van der Waals surface area contributed by atoms with Gasteiger partial charge in [0.15, 0.2) is 12.1 Å². The molecule has 0 radical (unpaired) electrons. The average Bonchev–Trinajstić information content (AvgIpc) is 3.21. The van der Waals surface area contributed by atoms with Crippen LogP contribution in [0, 0.1) is 0 Å². The fourth-order valence-electron chi connectivity index (χ4n) is 7.61. The zero-order valence-corrected chi connectivity index (χ0v) is 40.2. The van der Waals surface area contributed by atoms with E-state index in [1.54, 1.807) is 0 Å². The Labute approximate surface area is 371 Å². The van der Waals surface area contributed by atoms with Gasteiger partial charge in [0.05, 0.1) is 34.4 Å². The molecule has 8 nitrogen and oxygen atoms in total. The SMILES string of the molecule is CCCCCCCC/C=C\CCCCCCCC(=O)OCC(COCCC(C(=O)O)[N+](C)(C)C)OC(=O)CCCCCCCCCCC/C=C\CCCCCCCCCC. The van der Waals surface area contributed by atoms with E-state index >= 15 is 0 Å². The van der Waals surface area contributed by atoms with Gasteiger partial charge in [-0.15, -0.1) is 0 Å². The van der Waals surface area contributed by atoms with Gasteiger partial charge in [0, 0.05) is 19.3 Å². The number of hydrogen-bond donors (Lipinski definition) is 1. The van der Waals surface area contributed by atoms with Gasteiger partial charge in [-0.3, -0.25) is 9.59 Å². The molecule has 2 atom stereocenters. The monoisotopic (exact) mass is 849 g/mol. The number of unbranched alkanes of at least 4 members (excludes halogenated alkanes) is 28. The molecule has 0 aliphatic carbocycles. The van der Waals surface area contributed by atoms with Crippen molar-refractivity contribution in [2.24, 2.45) is 0 Å². The molecule has 1 N–H and O–H groups in total. The minimum Gasteiger partial charge on any atom is -0.477 e. The van der Waals surface area contributed by atoms with Gasteiger partial charge in [0.25, 0.3) is 0 Å². The lowest BCUT2D eigenvalue weighted by atomic mass is 10.1. The highest BCUT2D eigenvalue weighted by atomic mass is 16.6. The van der Waals surface area contributed by atoms with Gasteiger partial charge in [0.2, 0.25) is 0 Å². The van der Waals surface area contributed by atoms with Crippen molar-refractivity contribution in [3.05, 3.63) is 24.3 Å². The summed E-state index contributed by atoms with van der Waals surface area (Å²) in [6, 6.07) is -0.614. The summed E-state index contributed by atoms with van der Waals surface area (Å²) >= 11 is 0. The lowest BCUT2D eigenvalue weighted by Gasteiger charge is -2.31. The van der Waals surface area contributed by atoms with Crippen LogP contribution in [-0.2, 0) is 28.6 Å². The van der Waals surface area contributed by atoms with E-state index in [9.17, 15) is 19.5 Å². The molecule has 2 unspecified atom stereocenters. The third-order valence-corrected chi connectivity index (χ3v) is 11.6. The number of carbonyl (C=O) groups excluding carboxylic acids is 2. The van der Waals surface area contributed by atoms with Crippen LogP contribution in [0.3, 0.4) is 0 Å². The number of likely N-dealkylation sites (N-methyl/N-ethyl adjacent to an activating group) is 1. The molecule has 0 spiro atoms. The number of esters is 2. The Bertz CT molecular complexity index is 1040. The number of carboxylic acids is 1. The normalized spacial score (nSPS) is 13.0. The first-order chi connectivity index (χ1) is 29.1. The second-order valence-electron chi connectivity index (χ2n) is 18.4. The molecule has 0 aliphatic rings. The summed E-state index contributed by atoms with van der Waals surface area (Å²) in [5.41, 5.74) is 0. The van der Waals surface area contributed by atoms with Crippen molar-refractivity contribution in [1.82, 2.24) is 0 Å². The van der Waals surface area contributed by atoms with Gasteiger partial charge in [-0.25, -0.2) is 4.79 Å². The highest BCUT2D eigenvalue weighted by molar-refractivity contribution is 5.72. The van der Waals surface area contributed by atoms with Crippen LogP contribution in [-0.4, -0.2) is 80.6 Å². The zero-order chi connectivity index (χ0) is 44.2. The van der Waals surface area contributed by atoms with Crippen LogP contribution in [0.2, 0.25) is 0 Å². The van der Waals surface area contributed by atoms with Gasteiger partial charge in [-0.1, -0.05) is 179 Å². The van der Waals surface area contributed by atoms with Gasteiger partial charge in [0.1, 0.15) is 6.61 Å². The molecule has 0 aromatic heterocycles. The summed E-state index contributed by atoms with van der Waals surface area (Å²) in [6.45, 7) is 4.75. The van der Waals surface area contributed by atoms with E-state index in [0.717, 1.165) is 44.9 Å². The largest absolute Gasteiger partial charge is 0.477 e. The molecule has 0 aromatic carbocycles. The van der Waals surface area contributed by atoms with Crippen molar-refractivity contribution in [1.29, 1.82) is 0 Å². The molecule has 0 rings (SSSR count). The third kappa shape index (κ3) is 41.2. The topological polar surface area (TPSA) is 99.1 Å². The van der Waals surface area contributed by atoms with E-state index in [1.165, 1.54) is 161 Å². The molecule has 352 valence electrons. The number of carbonyl (C=O) groups is 3. The molecule has 0 aliphatic heterocycles. The quantitative estimate of drug-likeness (QED) is 0.0282. The maximum Gasteiger partial charge on any atom is 0.362 e. The van der Waals surface area contributed by atoms with Crippen molar-refractivity contribution in [2.75, 3.05) is 41.0 Å². The number of aliphatic carboxylic acids is 1. The van der Waals surface area contributed by atoms with Gasteiger partial charge < -0.3 is 23.8 Å². The first kappa shape index (κ1) is 57.8. The second-order valence-corrected chi connectivity index (χ2v) is 18.4. The Hall–Kier alpha value is -2.19. The van der Waals surface area contributed by atoms with Crippen LogP contribution in [0.4, 0.5) is 0 Å². The fraction of sp³-hybridized carbons (Fsp3) is 0.865. The van der Waals surface area contributed by atoms with E-state index in [0.29, 0.717) is 19.3 Å². The van der Waals surface area contributed by atoms with E-state index in [1.807, 2.05) is 21.1 Å². The Kier molecular flexibility index (Phi) is 41.9. The lowest BCUT2D eigenvalue weighted by Crippen LogP contribution is -2.50. The summed E-state index contributed by atoms with van der Waals surface area (Å²) < 4.78 is 17.3. The minimum absolute atomic E-state index is 0.0526. The van der Waals surface area contributed by atoms with Crippen LogP contribution in [0.1, 0.15) is 239 Å². The van der Waals surface area contributed by atoms with Gasteiger partial charge >= 0.3 is 17.9 Å². The molecular weight excluding hydrogens is 751 g/mol. The molecule has 8 heteroatoms. The highest BCUT2D eigenvalue weighted by Gasteiger charge is 2.31. The molecule has 0 fully saturated rings. The van der Waals surface area contributed by atoms with Crippen molar-refractivity contribution in [3.63, 3.8) is 0 Å². The number of hydrogen-bond acceptors (Lipinski definition) is 6. The Balaban J connectivity index is 4.24. The number of carboxylic acid groups (broad SMARTS) is 1. The number of allylic oxidation sites excluding steroid dienone is 4. The molecule has 60 heavy (non-hydrogen) atoms. The number of quaternary nitrogens is 1. The van der Waals surface area contributed by atoms with Gasteiger partial charge in [-0.2, -0.15) is 0 Å². The molecule has 0 saturated heterocycles. The number of rotatable bonds is 46. The molecular formula is C52H98NO7+. The molecule has 0 amide bonds. The summed E-state index contributed by atoms with van der Waals surface area (Å²) in [5, 5.41) is 9.64. The standard InChI is InChI=1S/C52H97NO7/c1-6-8-10-12-14-16-18-20-22-23-24-25-26-27-29-31-33-35-37-39-41-43-51(55)60-48(46-58-45-44-49(52(56)57)53(3,4)5)47-59-50(54)42-40-38-36-34-32-30-28-21-19-17-15-13-11-9-7-2/h21,23-24,28,48-49H,6-20,22,25-27,29-47H2,1-5H3/p+1/b24-23-,28-21-. The maximum absolute atomic E-state index is 12.8. The molecule has 0 bridgehead atoms. The molecule has 0 aromatic rings. The van der Waals surface area contributed by atoms with Crippen LogP contribution in [0.5, 0.6) is 0 Å². The van der Waals surface area contributed by atoms with Crippen molar-refractivity contribution >= 4 is 17.9 Å². The summed E-state index contributed by atoms with van der Waals surface area (Å²) in [6.07, 6.45) is 49.4. The second kappa shape index (κ2) is 43.5. The van der Waals surface area contributed by atoms with Crippen LogP contribution in [0.15, 0.2) is 24.3 Å². The third-order valence-electron chi connectivity index (χ3n) is 11.6. The van der Waals surface area contributed by atoms with Crippen molar-refractivity contribution in [2.45, 2.75) is 251 Å². The Morgan fingerprint density at radius 2 is 0.833 bits per heavy atom. The molecule has 0 saturated carbocycles. The van der Waals surface area contributed by atoms with Crippen molar-refractivity contribution < 1.29 is 38.2 Å². The first-order valence-electron chi connectivity index (χ1n) is 25.4. The smallest absolute Gasteiger partial charge is 0.362 e. The highest BCUT2D eigenvalue weighted by Crippen LogP contribution is 2.15. The summed E-state index contributed by atoms with van der Waals surface area (Å²) in [4.78, 5) is 37.1. The van der Waals surface area contributed by atoms with Crippen molar-refractivity contribution in [3.8, 4) is 0 Å². The Morgan fingerprint density at radius 3 is 1.20 bits per heavy atom. The molecule has 0 heterocycles. The van der Waals surface area contributed by atoms with Crippen LogP contribution in [0.25, 0.3) is 0 Å². The van der Waals surface area contributed by atoms with Crippen LogP contribution >= 0.6 is 0 Å². The maximum atomic E-state index is 12.8. The number of ether oxygens (including phenoxy) is 3. The first-order valence-corrected chi connectivity index (χ1v) is 25.4. The number of nitrogens with zero attached hydrogens (tertiary/aromatic N) is 1. The predicted molar refractivity (Wildman–Crippen MR) is 252 cm³/mol. The zero-order valence-electron chi connectivity index (χ0n) is 40.2. The van der Waals surface area contributed by atoms with Gasteiger partial charge in [-0.05, 0) is 64.2 Å². The van der Waals surface area contributed by atoms with E-state index < -0.39 is 18.1 Å².